The topological polar surface area (TPSA) is 79.7 Å². The SMILES string of the molecule is CN(C(=O)OCc1ccccc1)c1ccc(Br)c(C(=O)O)n1. The Morgan fingerprint density at radius 2 is 1.91 bits per heavy atom. The van der Waals surface area contributed by atoms with E-state index in [1.807, 2.05) is 30.3 Å². The van der Waals surface area contributed by atoms with E-state index in [1.54, 1.807) is 0 Å². The summed E-state index contributed by atoms with van der Waals surface area (Å²) in [7, 11) is 1.47. The molecule has 0 saturated carbocycles. The van der Waals surface area contributed by atoms with Crippen molar-refractivity contribution in [2.24, 2.45) is 0 Å². The molecule has 0 aliphatic heterocycles. The van der Waals surface area contributed by atoms with Gasteiger partial charge in [-0.15, -0.1) is 0 Å². The fraction of sp³-hybridized carbons (Fsp3) is 0.133. The lowest BCUT2D eigenvalue weighted by Crippen LogP contribution is -2.28. The van der Waals surface area contributed by atoms with Crippen LogP contribution in [0.25, 0.3) is 0 Å². The molecule has 0 saturated heterocycles. The summed E-state index contributed by atoms with van der Waals surface area (Å²) >= 11 is 3.10. The zero-order valence-electron chi connectivity index (χ0n) is 11.7. The average Bonchev–Trinajstić information content (AvgIpc) is 2.53. The third-order valence-corrected chi connectivity index (χ3v) is 3.50. The molecule has 1 amide bonds. The second-order valence-electron chi connectivity index (χ2n) is 4.40. The molecule has 0 spiro atoms. The van der Waals surface area contributed by atoms with E-state index in [2.05, 4.69) is 20.9 Å². The lowest BCUT2D eigenvalue weighted by atomic mass is 10.2. The molecule has 6 nitrogen and oxygen atoms in total. The van der Waals surface area contributed by atoms with E-state index in [4.69, 9.17) is 9.84 Å². The second-order valence-corrected chi connectivity index (χ2v) is 5.26. The van der Waals surface area contributed by atoms with Crippen LogP contribution in [0.4, 0.5) is 10.6 Å². The number of aromatic nitrogens is 1. The molecule has 1 N–H and O–H groups in total. The molecule has 0 bridgehead atoms. The molecule has 2 rings (SSSR count). The first-order valence-electron chi connectivity index (χ1n) is 6.33. The summed E-state index contributed by atoms with van der Waals surface area (Å²) in [4.78, 5) is 28.1. The smallest absolute Gasteiger partial charge is 0.415 e. The highest BCUT2D eigenvalue weighted by molar-refractivity contribution is 9.10. The molecule has 2 aromatic rings. The van der Waals surface area contributed by atoms with Gasteiger partial charge in [0.05, 0.1) is 4.47 Å². The predicted molar refractivity (Wildman–Crippen MR) is 83.9 cm³/mol. The van der Waals surface area contributed by atoms with Crippen LogP contribution in [0.1, 0.15) is 16.1 Å². The van der Waals surface area contributed by atoms with Crippen LogP contribution in [0.3, 0.4) is 0 Å². The van der Waals surface area contributed by atoms with Crippen molar-refractivity contribution in [3.8, 4) is 0 Å². The van der Waals surface area contributed by atoms with Crippen molar-refractivity contribution < 1.29 is 19.4 Å². The minimum absolute atomic E-state index is 0.131. The number of anilines is 1. The Morgan fingerprint density at radius 1 is 1.23 bits per heavy atom. The van der Waals surface area contributed by atoms with Gasteiger partial charge in [-0.05, 0) is 33.6 Å². The van der Waals surface area contributed by atoms with E-state index < -0.39 is 12.1 Å². The number of hydrogen-bond acceptors (Lipinski definition) is 4. The zero-order chi connectivity index (χ0) is 16.1. The van der Waals surface area contributed by atoms with Crippen molar-refractivity contribution in [3.05, 3.63) is 58.2 Å². The van der Waals surface area contributed by atoms with Crippen LogP contribution in [0.15, 0.2) is 46.9 Å². The maximum atomic E-state index is 12.0. The Balaban J connectivity index is 2.07. The summed E-state index contributed by atoms with van der Waals surface area (Å²) in [6, 6.07) is 12.3. The number of amides is 1. The predicted octanol–water partition coefficient (Wildman–Crippen LogP) is 3.32. The number of pyridine rings is 1. The van der Waals surface area contributed by atoms with E-state index in [1.165, 1.54) is 19.2 Å². The fourth-order valence-electron chi connectivity index (χ4n) is 1.68. The van der Waals surface area contributed by atoms with Crippen LogP contribution in [0.5, 0.6) is 0 Å². The van der Waals surface area contributed by atoms with Gasteiger partial charge in [0.15, 0.2) is 5.69 Å². The number of benzene rings is 1. The lowest BCUT2D eigenvalue weighted by molar-refractivity contribution is 0.0689. The number of carbonyl (C=O) groups excluding carboxylic acids is 1. The highest BCUT2D eigenvalue weighted by Crippen LogP contribution is 2.20. The van der Waals surface area contributed by atoms with Crippen molar-refractivity contribution in [2.75, 3.05) is 11.9 Å². The fourth-order valence-corrected chi connectivity index (χ4v) is 2.07. The van der Waals surface area contributed by atoms with E-state index in [9.17, 15) is 9.59 Å². The minimum Gasteiger partial charge on any atom is -0.476 e. The standard InChI is InChI=1S/C15H13BrN2O4/c1-18(12-8-7-11(16)13(17-12)14(19)20)15(21)22-9-10-5-3-2-4-6-10/h2-8H,9H2,1H3,(H,19,20). The van der Waals surface area contributed by atoms with E-state index >= 15 is 0 Å². The summed E-state index contributed by atoms with van der Waals surface area (Å²) in [5.41, 5.74) is 0.694. The summed E-state index contributed by atoms with van der Waals surface area (Å²) in [5.74, 6) is -0.988. The van der Waals surface area contributed by atoms with Gasteiger partial charge in [0, 0.05) is 7.05 Å². The maximum Gasteiger partial charge on any atom is 0.415 e. The van der Waals surface area contributed by atoms with Crippen molar-refractivity contribution in [3.63, 3.8) is 0 Å². The van der Waals surface area contributed by atoms with Gasteiger partial charge in [-0.2, -0.15) is 0 Å². The van der Waals surface area contributed by atoms with Crippen LogP contribution < -0.4 is 4.90 Å². The Bertz CT molecular complexity index is 691. The van der Waals surface area contributed by atoms with Crippen LogP contribution >= 0.6 is 15.9 Å². The first-order chi connectivity index (χ1) is 10.5. The first kappa shape index (κ1) is 16.0. The van der Waals surface area contributed by atoms with Crippen molar-refractivity contribution in [2.45, 2.75) is 6.61 Å². The summed E-state index contributed by atoms with van der Waals surface area (Å²) in [6.07, 6.45) is -0.616. The first-order valence-corrected chi connectivity index (χ1v) is 7.12. The number of rotatable bonds is 4. The highest BCUT2D eigenvalue weighted by atomic mass is 79.9. The largest absolute Gasteiger partial charge is 0.476 e. The molecular formula is C15H13BrN2O4. The lowest BCUT2D eigenvalue weighted by Gasteiger charge is -2.16. The number of carboxylic acid groups (broad SMARTS) is 1. The molecule has 1 aromatic carbocycles. The van der Waals surface area contributed by atoms with Gasteiger partial charge >= 0.3 is 12.1 Å². The summed E-state index contributed by atoms with van der Waals surface area (Å²) in [5, 5.41) is 9.04. The number of aromatic carboxylic acids is 1. The third-order valence-electron chi connectivity index (χ3n) is 2.86. The van der Waals surface area contributed by atoms with E-state index in [-0.39, 0.29) is 18.1 Å². The summed E-state index contributed by atoms with van der Waals surface area (Å²) in [6.45, 7) is 0.131. The molecule has 0 radical (unpaired) electrons. The van der Waals surface area contributed by atoms with Crippen LogP contribution in [0, 0.1) is 0 Å². The normalized spacial score (nSPS) is 10.1. The molecule has 0 unspecified atom stereocenters. The van der Waals surface area contributed by atoms with Crippen LogP contribution in [-0.2, 0) is 11.3 Å². The Labute approximate surface area is 135 Å². The van der Waals surface area contributed by atoms with Gasteiger partial charge in [-0.3, -0.25) is 4.90 Å². The van der Waals surface area contributed by atoms with Gasteiger partial charge in [-0.25, -0.2) is 14.6 Å². The third kappa shape index (κ3) is 3.82. The van der Waals surface area contributed by atoms with Crippen molar-refractivity contribution in [1.82, 2.24) is 4.98 Å². The molecule has 0 aliphatic rings. The van der Waals surface area contributed by atoms with Gasteiger partial charge in [0.2, 0.25) is 0 Å². The quantitative estimate of drug-likeness (QED) is 0.899. The van der Waals surface area contributed by atoms with E-state index in [0.717, 1.165) is 10.5 Å². The molecule has 0 aliphatic carbocycles. The number of ether oxygens (including phenoxy) is 1. The highest BCUT2D eigenvalue weighted by Gasteiger charge is 2.17. The van der Waals surface area contributed by atoms with Gasteiger partial charge in [-0.1, -0.05) is 30.3 Å². The van der Waals surface area contributed by atoms with Crippen LogP contribution in [0.2, 0.25) is 0 Å². The molecule has 22 heavy (non-hydrogen) atoms. The minimum atomic E-state index is -1.18. The van der Waals surface area contributed by atoms with E-state index in [0.29, 0.717) is 4.47 Å². The second kappa shape index (κ2) is 7.04. The number of halogens is 1. The monoisotopic (exact) mass is 364 g/mol. The van der Waals surface area contributed by atoms with Gasteiger partial charge in [0.25, 0.3) is 0 Å². The number of carboxylic acids is 1. The Morgan fingerprint density at radius 3 is 2.55 bits per heavy atom. The Kier molecular flexibility index (Phi) is 5.11. The average molecular weight is 365 g/mol. The number of nitrogens with zero attached hydrogens (tertiary/aromatic N) is 2. The van der Waals surface area contributed by atoms with Crippen molar-refractivity contribution >= 4 is 33.8 Å². The van der Waals surface area contributed by atoms with Crippen molar-refractivity contribution in [1.29, 1.82) is 0 Å². The molecule has 0 atom stereocenters. The Hall–Kier alpha value is -2.41. The number of hydrogen-bond donors (Lipinski definition) is 1. The van der Waals surface area contributed by atoms with Gasteiger partial charge in [0.1, 0.15) is 12.4 Å². The summed E-state index contributed by atoms with van der Waals surface area (Å²) < 4.78 is 5.51. The molecular weight excluding hydrogens is 352 g/mol. The molecule has 1 heterocycles. The molecule has 114 valence electrons. The molecule has 0 fully saturated rings. The maximum absolute atomic E-state index is 12.0. The molecule has 1 aromatic heterocycles. The molecule has 7 heteroatoms. The van der Waals surface area contributed by atoms with Crippen LogP contribution in [-0.4, -0.2) is 29.2 Å². The number of carbonyl (C=O) groups is 2. The zero-order valence-corrected chi connectivity index (χ0v) is 13.3. The van der Waals surface area contributed by atoms with Gasteiger partial charge < -0.3 is 9.84 Å².